The molecule has 17 heavy (non-hydrogen) atoms. The minimum atomic E-state index is 0.249. The maximum Gasteiger partial charge on any atom is 0.120 e. The molecule has 0 radical (unpaired) electrons. The van der Waals surface area contributed by atoms with Crippen molar-refractivity contribution in [2.45, 2.75) is 6.92 Å². The van der Waals surface area contributed by atoms with Gasteiger partial charge in [0, 0.05) is 17.4 Å². The lowest BCUT2D eigenvalue weighted by atomic mass is 10.2. The van der Waals surface area contributed by atoms with Gasteiger partial charge in [-0.3, -0.25) is 0 Å². The van der Waals surface area contributed by atoms with Crippen LogP contribution >= 0.6 is 0 Å². The normalized spacial score (nSPS) is 9.24. The third kappa shape index (κ3) is 4.34. The van der Waals surface area contributed by atoms with Crippen molar-refractivity contribution in [3.8, 4) is 11.5 Å². The standard InChI is InChI=1S/C7H9NO.C6H7NO/c1-5-2-3-6(8)4-7(5)9;7-5-1-3-6(8)4-2-5/h2-4,9H,8H2,1H3;1-4,8H,7H2. The first kappa shape index (κ1) is 12.7. The van der Waals surface area contributed by atoms with Crippen molar-refractivity contribution in [3.05, 3.63) is 48.0 Å². The minimum Gasteiger partial charge on any atom is -0.508 e. The van der Waals surface area contributed by atoms with E-state index in [0.29, 0.717) is 11.4 Å². The van der Waals surface area contributed by atoms with Crippen LogP contribution in [-0.4, -0.2) is 10.2 Å². The molecular weight excluding hydrogens is 216 g/mol. The fourth-order valence-electron chi connectivity index (χ4n) is 1.10. The van der Waals surface area contributed by atoms with Gasteiger partial charge in [0.2, 0.25) is 0 Å². The summed E-state index contributed by atoms with van der Waals surface area (Å²) in [6.07, 6.45) is 0. The highest BCUT2D eigenvalue weighted by Crippen LogP contribution is 2.17. The smallest absolute Gasteiger partial charge is 0.120 e. The molecule has 2 aromatic rings. The summed E-state index contributed by atoms with van der Waals surface area (Å²) in [6.45, 7) is 1.83. The summed E-state index contributed by atoms with van der Waals surface area (Å²) in [5.74, 6) is 0.509. The van der Waals surface area contributed by atoms with E-state index in [4.69, 9.17) is 21.7 Å². The number of nitrogens with two attached hydrogens (primary N) is 2. The minimum absolute atomic E-state index is 0.249. The third-order valence-electron chi connectivity index (χ3n) is 2.13. The van der Waals surface area contributed by atoms with Gasteiger partial charge in [-0.1, -0.05) is 6.07 Å². The summed E-state index contributed by atoms with van der Waals surface area (Å²) >= 11 is 0. The number of phenols is 2. The van der Waals surface area contributed by atoms with E-state index in [-0.39, 0.29) is 11.5 Å². The maximum absolute atomic E-state index is 9.02. The highest BCUT2D eigenvalue weighted by atomic mass is 16.3. The number of rotatable bonds is 0. The first-order valence-corrected chi connectivity index (χ1v) is 5.08. The van der Waals surface area contributed by atoms with Crippen molar-refractivity contribution in [3.63, 3.8) is 0 Å². The van der Waals surface area contributed by atoms with Crippen LogP contribution in [0.1, 0.15) is 5.56 Å². The second-order valence-electron chi connectivity index (χ2n) is 3.64. The second-order valence-corrected chi connectivity index (χ2v) is 3.64. The van der Waals surface area contributed by atoms with Gasteiger partial charge < -0.3 is 21.7 Å². The third-order valence-corrected chi connectivity index (χ3v) is 2.13. The average Bonchev–Trinajstić information content (AvgIpc) is 2.29. The van der Waals surface area contributed by atoms with E-state index in [9.17, 15) is 0 Å². The van der Waals surface area contributed by atoms with E-state index in [2.05, 4.69) is 0 Å². The summed E-state index contributed by atoms with van der Waals surface area (Å²) in [4.78, 5) is 0. The highest BCUT2D eigenvalue weighted by molar-refractivity contribution is 5.47. The summed E-state index contributed by atoms with van der Waals surface area (Å²) in [6, 6.07) is 11.5. The van der Waals surface area contributed by atoms with Crippen LogP contribution in [0.15, 0.2) is 42.5 Å². The second kappa shape index (κ2) is 5.65. The molecule has 0 amide bonds. The van der Waals surface area contributed by atoms with E-state index < -0.39 is 0 Å². The Balaban J connectivity index is 0.000000171. The Hall–Kier alpha value is -2.36. The number of aromatic hydroxyl groups is 2. The van der Waals surface area contributed by atoms with E-state index in [1.54, 1.807) is 36.4 Å². The molecule has 90 valence electrons. The molecule has 2 rings (SSSR count). The van der Waals surface area contributed by atoms with Crippen LogP contribution in [0.2, 0.25) is 0 Å². The van der Waals surface area contributed by atoms with Crippen LogP contribution in [0.4, 0.5) is 11.4 Å². The number of phenolic OH excluding ortho intramolecular Hbond substituents is 2. The Labute approximate surface area is 100 Å². The topological polar surface area (TPSA) is 92.5 Å². The molecule has 0 bridgehead atoms. The first-order valence-electron chi connectivity index (χ1n) is 5.08. The van der Waals surface area contributed by atoms with Crippen molar-refractivity contribution in [2.24, 2.45) is 0 Å². The van der Waals surface area contributed by atoms with E-state index >= 15 is 0 Å². The number of anilines is 2. The Morgan fingerprint density at radius 1 is 0.824 bits per heavy atom. The molecule has 0 fully saturated rings. The van der Waals surface area contributed by atoms with Gasteiger partial charge in [0.25, 0.3) is 0 Å². The Morgan fingerprint density at radius 2 is 1.35 bits per heavy atom. The number of nitrogen functional groups attached to an aromatic ring is 2. The molecule has 4 nitrogen and oxygen atoms in total. The van der Waals surface area contributed by atoms with Crippen molar-refractivity contribution in [1.82, 2.24) is 0 Å². The maximum atomic E-state index is 9.02. The fourth-order valence-corrected chi connectivity index (χ4v) is 1.10. The van der Waals surface area contributed by atoms with Gasteiger partial charge in [0.15, 0.2) is 0 Å². The van der Waals surface area contributed by atoms with Crippen LogP contribution in [0, 0.1) is 6.92 Å². The van der Waals surface area contributed by atoms with Gasteiger partial charge in [-0.05, 0) is 42.8 Å². The molecule has 0 spiro atoms. The number of hydrogen-bond acceptors (Lipinski definition) is 4. The highest BCUT2D eigenvalue weighted by Gasteiger charge is 1.92. The van der Waals surface area contributed by atoms with Gasteiger partial charge >= 0.3 is 0 Å². The summed E-state index contributed by atoms with van der Waals surface area (Å²) in [7, 11) is 0. The first-order chi connectivity index (χ1) is 7.99. The molecule has 0 unspecified atom stereocenters. The fraction of sp³-hybridized carbons (Fsp3) is 0.0769. The number of aryl methyl sites for hydroxylation is 1. The molecule has 0 heterocycles. The molecule has 0 aliphatic heterocycles. The van der Waals surface area contributed by atoms with Gasteiger partial charge in [0.05, 0.1) is 0 Å². The number of hydrogen-bond donors (Lipinski definition) is 4. The summed E-state index contributed by atoms with van der Waals surface area (Å²) in [5, 5.41) is 17.7. The van der Waals surface area contributed by atoms with Gasteiger partial charge in [-0.2, -0.15) is 0 Å². The molecule has 0 atom stereocenters. The Morgan fingerprint density at radius 3 is 1.76 bits per heavy atom. The van der Waals surface area contributed by atoms with E-state index in [1.807, 2.05) is 6.92 Å². The van der Waals surface area contributed by atoms with Crippen LogP contribution in [0.25, 0.3) is 0 Å². The van der Waals surface area contributed by atoms with Crippen molar-refractivity contribution in [2.75, 3.05) is 11.5 Å². The van der Waals surface area contributed by atoms with Crippen LogP contribution in [0.5, 0.6) is 11.5 Å². The molecule has 0 aliphatic rings. The van der Waals surface area contributed by atoms with E-state index in [0.717, 1.165) is 5.56 Å². The van der Waals surface area contributed by atoms with Crippen molar-refractivity contribution >= 4 is 11.4 Å². The van der Waals surface area contributed by atoms with Crippen molar-refractivity contribution in [1.29, 1.82) is 0 Å². The van der Waals surface area contributed by atoms with Crippen LogP contribution in [0.3, 0.4) is 0 Å². The average molecular weight is 232 g/mol. The lowest BCUT2D eigenvalue weighted by Crippen LogP contribution is -1.83. The predicted octanol–water partition coefficient (Wildman–Crippen LogP) is 2.26. The lowest BCUT2D eigenvalue weighted by Gasteiger charge is -1.97. The molecule has 0 saturated carbocycles. The van der Waals surface area contributed by atoms with Crippen LogP contribution < -0.4 is 11.5 Å². The van der Waals surface area contributed by atoms with Gasteiger partial charge in [-0.25, -0.2) is 0 Å². The largest absolute Gasteiger partial charge is 0.508 e. The molecule has 0 aliphatic carbocycles. The molecule has 6 N–H and O–H groups in total. The Kier molecular flexibility index (Phi) is 4.22. The monoisotopic (exact) mass is 232 g/mol. The van der Waals surface area contributed by atoms with Gasteiger partial charge in [0.1, 0.15) is 11.5 Å². The molecule has 0 aromatic heterocycles. The van der Waals surface area contributed by atoms with Gasteiger partial charge in [-0.15, -0.1) is 0 Å². The summed E-state index contributed by atoms with van der Waals surface area (Å²) in [5.41, 5.74) is 12.8. The summed E-state index contributed by atoms with van der Waals surface area (Å²) < 4.78 is 0. The molecule has 2 aromatic carbocycles. The van der Waals surface area contributed by atoms with Crippen LogP contribution in [-0.2, 0) is 0 Å². The molecule has 0 saturated heterocycles. The zero-order chi connectivity index (χ0) is 12.8. The lowest BCUT2D eigenvalue weighted by molar-refractivity contribution is 0.471. The molecule has 4 heteroatoms. The molecular formula is C13H16N2O2. The predicted molar refractivity (Wildman–Crippen MR) is 69.8 cm³/mol. The van der Waals surface area contributed by atoms with Crippen molar-refractivity contribution < 1.29 is 10.2 Å². The zero-order valence-electron chi connectivity index (χ0n) is 9.59. The van der Waals surface area contributed by atoms with E-state index in [1.165, 1.54) is 6.07 Å². The SMILES string of the molecule is Cc1ccc(N)cc1O.Nc1ccc(O)cc1. The number of benzene rings is 2. The Bertz CT molecular complexity index is 460. The zero-order valence-corrected chi connectivity index (χ0v) is 9.59. The quantitative estimate of drug-likeness (QED) is 0.414.